The zero-order valence-electron chi connectivity index (χ0n) is 9.99. The number of aryl methyl sites for hydroxylation is 2. The standard InChI is InChI=1S/C12H19N3O/c1-9-6-10(2)15-12(14-9)16-8-11-4-3-5-13-7-11/h6,11,13H,3-5,7-8H2,1-2H3/t11-/m0/s1. The highest BCUT2D eigenvalue weighted by Crippen LogP contribution is 2.12. The SMILES string of the molecule is Cc1cc(C)nc(OC[C@H]2CCCNC2)n1. The van der Waals surface area contributed by atoms with Crippen molar-refractivity contribution in [1.82, 2.24) is 15.3 Å². The third kappa shape index (κ3) is 3.17. The maximum atomic E-state index is 5.64. The van der Waals surface area contributed by atoms with Gasteiger partial charge in [0, 0.05) is 23.9 Å². The van der Waals surface area contributed by atoms with Gasteiger partial charge in [0.15, 0.2) is 0 Å². The molecule has 1 aromatic heterocycles. The lowest BCUT2D eigenvalue weighted by Crippen LogP contribution is -2.33. The molecule has 0 unspecified atom stereocenters. The second-order valence-electron chi connectivity index (χ2n) is 4.46. The first-order chi connectivity index (χ1) is 7.74. The first kappa shape index (κ1) is 11.3. The molecule has 2 heterocycles. The lowest BCUT2D eigenvalue weighted by Gasteiger charge is -2.22. The number of nitrogens with zero attached hydrogens (tertiary/aromatic N) is 2. The Bertz CT molecular complexity index is 328. The van der Waals surface area contributed by atoms with Crippen LogP contribution in [0.15, 0.2) is 6.07 Å². The van der Waals surface area contributed by atoms with E-state index in [-0.39, 0.29) is 0 Å². The van der Waals surface area contributed by atoms with Crippen molar-refractivity contribution in [2.24, 2.45) is 5.92 Å². The molecule has 88 valence electrons. The fraction of sp³-hybridized carbons (Fsp3) is 0.667. The fourth-order valence-corrected chi connectivity index (χ4v) is 2.02. The summed E-state index contributed by atoms with van der Waals surface area (Å²) in [4.78, 5) is 8.53. The summed E-state index contributed by atoms with van der Waals surface area (Å²) in [5.74, 6) is 0.596. The van der Waals surface area contributed by atoms with Gasteiger partial charge < -0.3 is 10.1 Å². The van der Waals surface area contributed by atoms with Crippen molar-refractivity contribution in [2.75, 3.05) is 19.7 Å². The minimum Gasteiger partial charge on any atom is -0.463 e. The molecule has 4 nitrogen and oxygen atoms in total. The van der Waals surface area contributed by atoms with Crippen molar-refractivity contribution in [1.29, 1.82) is 0 Å². The van der Waals surface area contributed by atoms with E-state index in [1.165, 1.54) is 12.8 Å². The lowest BCUT2D eigenvalue weighted by molar-refractivity contribution is 0.204. The van der Waals surface area contributed by atoms with Gasteiger partial charge in [0.1, 0.15) is 0 Å². The van der Waals surface area contributed by atoms with E-state index in [0.717, 1.165) is 31.1 Å². The number of aromatic nitrogens is 2. The second kappa shape index (κ2) is 5.25. The van der Waals surface area contributed by atoms with Crippen LogP contribution < -0.4 is 10.1 Å². The van der Waals surface area contributed by atoms with Crippen LogP contribution in [0.2, 0.25) is 0 Å². The summed E-state index contributed by atoms with van der Waals surface area (Å²) < 4.78 is 5.64. The van der Waals surface area contributed by atoms with Crippen LogP contribution >= 0.6 is 0 Å². The number of piperidine rings is 1. The topological polar surface area (TPSA) is 47.0 Å². The van der Waals surface area contributed by atoms with Gasteiger partial charge in [-0.05, 0) is 39.3 Å². The number of hydrogen-bond acceptors (Lipinski definition) is 4. The van der Waals surface area contributed by atoms with Crippen LogP contribution in [0.4, 0.5) is 0 Å². The van der Waals surface area contributed by atoms with E-state index in [1.807, 2.05) is 19.9 Å². The van der Waals surface area contributed by atoms with Gasteiger partial charge in [0.2, 0.25) is 0 Å². The summed E-state index contributed by atoms with van der Waals surface area (Å²) in [6, 6.07) is 2.47. The predicted molar refractivity (Wildman–Crippen MR) is 62.6 cm³/mol. The summed E-state index contributed by atoms with van der Waals surface area (Å²) in [5.41, 5.74) is 1.92. The monoisotopic (exact) mass is 221 g/mol. The Morgan fingerprint density at radius 3 is 2.75 bits per heavy atom. The summed E-state index contributed by atoms with van der Waals surface area (Å²) in [6.45, 7) is 6.82. The van der Waals surface area contributed by atoms with E-state index < -0.39 is 0 Å². The number of rotatable bonds is 3. The van der Waals surface area contributed by atoms with Gasteiger partial charge in [-0.1, -0.05) is 0 Å². The Labute approximate surface area is 96.4 Å². The molecule has 1 N–H and O–H groups in total. The first-order valence-corrected chi connectivity index (χ1v) is 5.90. The van der Waals surface area contributed by atoms with Gasteiger partial charge >= 0.3 is 6.01 Å². The van der Waals surface area contributed by atoms with Crippen molar-refractivity contribution in [2.45, 2.75) is 26.7 Å². The lowest BCUT2D eigenvalue weighted by atomic mass is 10.0. The van der Waals surface area contributed by atoms with Gasteiger partial charge in [0.05, 0.1) is 6.61 Å². The molecule has 2 rings (SSSR count). The summed E-state index contributed by atoms with van der Waals surface area (Å²) in [7, 11) is 0. The molecule has 0 bridgehead atoms. The smallest absolute Gasteiger partial charge is 0.316 e. The third-order valence-corrected chi connectivity index (χ3v) is 2.81. The molecule has 0 aromatic carbocycles. The van der Waals surface area contributed by atoms with Crippen LogP contribution in [-0.2, 0) is 0 Å². The minimum atomic E-state index is 0.517. The second-order valence-corrected chi connectivity index (χ2v) is 4.46. The number of nitrogens with one attached hydrogen (secondary N) is 1. The number of hydrogen-bond donors (Lipinski definition) is 1. The highest BCUT2D eigenvalue weighted by molar-refractivity contribution is 5.10. The van der Waals surface area contributed by atoms with E-state index in [4.69, 9.17) is 4.74 Å². The molecule has 0 saturated carbocycles. The molecule has 1 saturated heterocycles. The van der Waals surface area contributed by atoms with Gasteiger partial charge in [-0.25, -0.2) is 9.97 Å². The molecule has 1 atom stereocenters. The van der Waals surface area contributed by atoms with Gasteiger partial charge in [-0.3, -0.25) is 0 Å². The average molecular weight is 221 g/mol. The Hall–Kier alpha value is -1.16. The maximum absolute atomic E-state index is 5.64. The van der Waals surface area contributed by atoms with Crippen LogP contribution in [0.5, 0.6) is 6.01 Å². The van der Waals surface area contributed by atoms with Crippen LogP contribution in [0.1, 0.15) is 24.2 Å². The summed E-state index contributed by atoms with van der Waals surface area (Å²) in [5, 5.41) is 3.37. The Balaban J connectivity index is 1.88. The van der Waals surface area contributed by atoms with Crippen molar-refractivity contribution in [3.63, 3.8) is 0 Å². The molecular formula is C12H19N3O. The minimum absolute atomic E-state index is 0.517. The molecule has 4 heteroatoms. The summed E-state index contributed by atoms with van der Waals surface area (Å²) >= 11 is 0. The summed E-state index contributed by atoms with van der Waals surface area (Å²) in [6.07, 6.45) is 2.47. The van der Waals surface area contributed by atoms with Crippen LogP contribution in [0, 0.1) is 19.8 Å². The van der Waals surface area contributed by atoms with Crippen molar-refractivity contribution >= 4 is 0 Å². The van der Waals surface area contributed by atoms with Crippen LogP contribution in [-0.4, -0.2) is 29.7 Å². The normalized spacial score (nSPS) is 20.8. The number of ether oxygens (including phenoxy) is 1. The highest BCUT2D eigenvalue weighted by Gasteiger charge is 2.14. The molecule has 1 aliphatic heterocycles. The zero-order valence-corrected chi connectivity index (χ0v) is 9.99. The largest absolute Gasteiger partial charge is 0.463 e. The van der Waals surface area contributed by atoms with E-state index in [0.29, 0.717) is 11.9 Å². The predicted octanol–water partition coefficient (Wildman–Crippen LogP) is 1.47. The first-order valence-electron chi connectivity index (χ1n) is 5.90. The van der Waals surface area contributed by atoms with Gasteiger partial charge in [0.25, 0.3) is 0 Å². The van der Waals surface area contributed by atoms with Crippen molar-refractivity contribution in [3.05, 3.63) is 17.5 Å². The fourth-order valence-electron chi connectivity index (χ4n) is 2.02. The van der Waals surface area contributed by atoms with E-state index in [2.05, 4.69) is 15.3 Å². The van der Waals surface area contributed by atoms with Crippen LogP contribution in [0.3, 0.4) is 0 Å². The van der Waals surface area contributed by atoms with E-state index in [9.17, 15) is 0 Å². The third-order valence-electron chi connectivity index (χ3n) is 2.81. The van der Waals surface area contributed by atoms with Crippen molar-refractivity contribution < 1.29 is 4.74 Å². The molecule has 16 heavy (non-hydrogen) atoms. The molecule has 1 fully saturated rings. The molecular weight excluding hydrogens is 202 g/mol. The molecule has 0 aliphatic carbocycles. The van der Waals surface area contributed by atoms with E-state index >= 15 is 0 Å². The Morgan fingerprint density at radius 2 is 2.12 bits per heavy atom. The van der Waals surface area contributed by atoms with Gasteiger partial charge in [-0.2, -0.15) is 0 Å². The van der Waals surface area contributed by atoms with Gasteiger partial charge in [-0.15, -0.1) is 0 Å². The maximum Gasteiger partial charge on any atom is 0.316 e. The molecule has 1 aromatic rings. The molecule has 1 aliphatic rings. The van der Waals surface area contributed by atoms with Crippen LogP contribution in [0.25, 0.3) is 0 Å². The Morgan fingerprint density at radius 1 is 1.38 bits per heavy atom. The quantitative estimate of drug-likeness (QED) is 0.839. The molecule has 0 amide bonds. The van der Waals surface area contributed by atoms with Crippen molar-refractivity contribution in [3.8, 4) is 6.01 Å². The zero-order chi connectivity index (χ0) is 11.4. The van der Waals surface area contributed by atoms with E-state index in [1.54, 1.807) is 0 Å². The highest BCUT2D eigenvalue weighted by atomic mass is 16.5. The Kier molecular flexibility index (Phi) is 3.72. The molecule has 0 radical (unpaired) electrons. The average Bonchev–Trinajstić information content (AvgIpc) is 2.27. The molecule has 0 spiro atoms.